The van der Waals surface area contributed by atoms with Crippen molar-refractivity contribution >= 4 is 5.97 Å². The van der Waals surface area contributed by atoms with E-state index in [1.54, 1.807) is 12.1 Å². The van der Waals surface area contributed by atoms with E-state index in [9.17, 15) is 4.79 Å². The number of aromatic nitrogens is 1. The Morgan fingerprint density at radius 2 is 2.00 bits per heavy atom. The molecule has 1 aromatic heterocycles. The number of pyridine rings is 1. The zero-order valence-electron chi connectivity index (χ0n) is 11.2. The van der Waals surface area contributed by atoms with Gasteiger partial charge < -0.3 is 5.11 Å². The van der Waals surface area contributed by atoms with Crippen LogP contribution in [0, 0.1) is 6.92 Å². The van der Waals surface area contributed by atoms with Crippen LogP contribution < -0.4 is 0 Å². The van der Waals surface area contributed by atoms with Crippen LogP contribution in [0.25, 0.3) is 0 Å². The number of hydrogen-bond acceptors (Lipinski definition) is 2. The number of hydrogen-bond donors (Lipinski definition) is 1. The summed E-state index contributed by atoms with van der Waals surface area (Å²) < 4.78 is 0. The molecule has 98 valence electrons. The molecule has 0 radical (unpaired) electrons. The summed E-state index contributed by atoms with van der Waals surface area (Å²) >= 11 is 0. The number of carbonyl (C=O) groups is 1. The number of benzene rings is 1. The van der Waals surface area contributed by atoms with Crippen molar-refractivity contribution in [2.45, 2.75) is 26.7 Å². The summed E-state index contributed by atoms with van der Waals surface area (Å²) in [6, 6.07) is 9.46. The summed E-state index contributed by atoms with van der Waals surface area (Å²) in [5, 5.41) is 9.05. The first-order valence-electron chi connectivity index (χ1n) is 6.36. The van der Waals surface area contributed by atoms with Crippen molar-refractivity contribution in [1.82, 2.24) is 4.98 Å². The lowest BCUT2D eigenvalue weighted by molar-refractivity contribution is 0.0696. The molecule has 0 atom stereocenters. The Labute approximate surface area is 112 Å². The highest BCUT2D eigenvalue weighted by atomic mass is 16.4. The molecule has 2 aromatic rings. The molecule has 0 amide bonds. The van der Waals surface area contributed by atoms with E-state index in [2.05, 4.69) is 18.0 Å². The third kappa shape index (κ3) is 3.41. The number of carboxylic acid groups (broad SMARTS) is 1. The fourth-order valence-corrected chi connectivity index (χ4v) is 2.07. The van der Waals surface area contributed by atoms with E-state index in [0.717, 1.165) is 23.2 Å². The molecule has 0 unspecified atom stereocenters. The van der Waals surface area contributed by atoms with Crippen LogP contribution in [0.15, 0.2) is 36.5 Å². The molecule has 0 saturated carbocycles. The summed E-state index contributed by atoms with van der Waals surface area (Å²) in [5.41, 5.74) is 4.44. The molecule has 3 nitrogen and oxygen atoms in total. The Balaban J connectivity index is 2.24. The molecule has 1 heterocycles. The maximum Gasteiger partial charge on any atom is 0.335 e. The van der Waals surface area contributed by atoms with Gasteiger partial charge in [0.25, 0.3) is 0 Å². The Bertz CT molecular complexity index is 588. The highest BCUT2D eigenvalue weighted by Gasteiger charge is 2.06. The van der Waals surface area contributed by atoms with E-state index in [1.165, 1.54) is 5.56 Å². The van der Waals surface area contributed by atoms with E-state index in [-0.39, 0.29) is 0 Å². The summed E-state index contributed by atoms with van der Waals surface area (Å²) in [6.07, 6.45) is 3.51. The van der Waals surface area contributed by atoms with Crippen molar-refractivity contribution < 1.29 is 9.90 Å². The molecule has 0 spiro atoms. The van der Waals surface area contributed by atoms with E-state index in [0.29, 0.717) is 12.0 Å². The van der Waals surface area contributed by atoms with Crippen LogP contribution >= 0.6 is 0 Å². The smallest absolute Gasteiger partial charge is 0.335 e. The SMILES string of the molecule is CCc1ccc(Cc2cc(C)cc(C(=O)O)c2)nc1. The maximum atomic E-state index is 11.0. The molecule has 0 fully saturated rings. The molecule has 0 aliphatic heterocycles. The van der Waals surface area contributed by atoms with Crippen LogP contribution in [0.3, 0.4) is 0 Å². The topological polar surface area (TPSA) is 50.2 Å². The molecule has 0 bridgehead atoms. The summed E-state index contributed by atoms with van der Waals surface area (Å²) in [7, 11) is 0. The van der Waals surface area contributed by atoms with Gasteiger partial charge in [0, 0.05) is 18.3 Å². The zero-order chi connectivity index (χ0) is 13.8. The Morgan fingerprint density at radius 1 is 1.21 bits per heavy atom. The Kier molecular flexibility index (Phi) is 3.95. The minimum Gasteiger partial charge on any atom is -0.478 e. The van der Waals surface area contributed by atoms with E-state index < -0.39 is 5.97 Å². The first-order valence-corrected chi connectivity index (χ1v) is 6.36. The van der Waals surface area contributed by atoms with Gasteiger partial charge in [0.05, 0.1) is 5.56 Å². The summed E-state index contributed by atoms with van der Waals surface area (Å²) in [4.78, 5) is 15.4. The summed E-state index contributed by atoms with van der Waals surface area (Å²) in [6.45, 7) is 4.00. The molecular weight excluding hydrogens is 238 g/mol. The fourth-order valence-electron chi connectivity index (χ4n) is 2.07. The lowest BCUT2D eigenvalue weighted by Gasteiger charge is -2.05. The van der Waals surface area contributed by atoms with Crippen LogP contribution in [0.1, 0.15) is 39.7 Å². The van der Waals surface area contributed by atoms with Crippen LogP contribution in [-0.4, -0.2) is 16.1 Å². The Hall–Kier alpha value is -2.16. The van der Waals surface area contributed by atoms with Gasteiger partial charge in [0.15, 0.2) is 0 Å². The largest absolute Gasteiger partial charge is 0.478 e. The second-order valence-corrected chi connectivity index (χ2v) is 4.70. The number of aromatic carboxylic acids is 1. The molecule has 19 heavy (non-hydrogen) atoms. The van der Waals surface area contributed by atoms with Gasteiger partial charge in [0.1, 0.15) is 0 Å². The van der Waals surface area contributed by atoms with Crippen LogP contribution in [0.2, 0.25) is 0 Å². The monoisotopic (exact) mass is 255 g/mol. The number of rotatable bonds is 4. The van der Waals surface area contributed by atoms with Crippen molar-refractivity contribution in [3.05, 3.63) is 64.5 Å². The number of carboxylic acids is 1. The molecule has 3 heteroatoms. The van der Waals surface area contributed by atoms with Gasteiger partial charge in [0.2, 0.25) is 0 Å². The number of aryl methyl sites for hydroxylation is 2. The number of nitrogens with zero attached hydrogens (tertiary/aromatic N) is 1. The minimum atomic E-state index is -0.890. The van der Waals surface area contributed by atoms with Crippen molar-refractivity contribution in [3.8, 4) is 0 Å². The van der Waals surface area contributed by atoms with Gasteiger partial charge in [-0.15, -0.1) is 0 Å². The maximum absolute atomic E-state index is 11.0. The van der Waals surface area contributed by atoms with Gasteiger partial charge in [-0.25, -0.2) is 4.79 Å². The van der Waals surface area contributed by atoms with E-state index >= 15 is 0 Å². The predicted molar refractivity (Wildman–Crippen MR) is 74.6 cm³/mol. The normalized spacial score (nSPS) is 10.4. The molecule has 1 N–H and O–H groups in total. The van der Waals surface area contributed by atoms with Crippen LogP contribution in [-0.2, 0) is 12.8 Å². The Morgan fingerprint density at radius 3 is 2.58 bits per heavy atom. The van der Waals surface area contributed by atoms with Crippen molar-refractivity contribution in [2.75, 3.05) is 0 Å². The predicted octanol–water partition coefficient (Wildman–Crippen LogP) is 3.24. The first kappa shape index (κ1) is 13.3. The first-order chi connectivity index (χ1) is 9.08. The fraction of sp³-hybridized carbons (Fsp3) is 0.250. The average molecular weight is 255 g/mol. The van der Waals surface area contributed by atoms with Gasteiger partial charge >= 0.3 is 5.97 Å². The van der Waals surface area contributed by atoms with E-state index in [4.69, 9.17) is 5.11 Å². The lowest BCUT2D eigenvalue weighted by atomic mass is 10.0. The molecule has 1 aromatic carbocycles. The van der Waals surface area contributed by atoms with Crippen LogP contribution in [0.4, 0.5) is 0 Å². The third-order valence-electron chi connectivity index (χ3n) is 3.06. The molecule has 0 aliphatic carbocycles. The highest BCUT2D eigenvalue weighted by molar-refractivity contribution is 5.88. The van der Waals surface area contributed by atoms with E-state index in [1.807, 2.05) is 25.3 Å². The molecule has 0 aliphatic rings. The minimum absolute atomic E-state index is 0.333. The zero-order valence-corrected chi connectivity index (χ0v) is 11.2. The third-order valence-corrected chi connectivity index (χ3v) is 3.06. The molecule has 2 rings (SSSR count). The van der Waals surface area contributed by atoms with Crippen molar-refractivity contribution in [1.29, 1.82) is 0 Å². The highest BCUT2D eigenvalue weighted by Crippen LogP contribution is 2.14. The average Bonchev–Trinajstić information content (AvgIpc) is 2.39. The second-order valence-electron chi connectivity index (χ2n) is 4.70. The quantitative estimate of drug-likeness (QED) is 0.912. The molecule has 0 saturated heterocycles. The van der Waals surface area contributed by atoms with Crippen LogP contribution in [0.5, 0.6) is 0 Å². The van der Waals surface area contributed by atoms with Gasteiger partial charge in [-0.3, -0.25) is 4.98 Å². The molecular formula is C16H17NO2. The lowest BCUT2D eigenvalue weighted by Crippen LogP contribution is -2.00. The van der Waals surface area contributed by atoms with Gasteiger partial charge in [-0.1, -0.05) is 19.1 Å². The standard InChI is InChI=1S/C16H17NO2/c1-3-12-4-5-15(17-10-12)9-13-6-11(2)7-14(8-13)16(18)19/h4-8,10H,3,9H2,1-2H3,(H,18,19). The van der Waals surface area contributed by atoms with Crippen molar-refractivity contribution in [2.24, 2.45) is 0 Å². The second kappa shape index (κ2) is 5.65. The summed E-state index contributed by atoms with van der Waals surface area (Å²) in [5.74, 6) is -0.890. The van der Waals surface area contributed by atoms with Gasteiger partial charge in [-0.2, -0.15) is 0 Å². The van der Waals surface area contributed by atoms with Gasteiger partial charge in [-0.05, 0) is 48.2 Å². The van der Waals surface area contributed by atoms with Crippen molar-refractivity contribution in [3.63, 3.8) is 0 Å².